The van der Waals surface area contributed by atoms with Crippen molar-refractivity contribution in [3.8, 4) is 22.9 Å². The number of aromatic nitrogens is 2. The molecule has 0 atom stereocenters. The van der Waals surface area contributed by atoms with Crippen molar-refractivity contribution < 1.29 is 4.79 Å². The van der Waals surface area contributed by atoms with E-state index in [-0.39, 0.29) is 11.3 Å². The molecule has 1 N–H and O–H groups in total. The highest BCUT2D eigenvalue weighted by Gasteiger charge is 2.35. The number of hydrogen-bond donors (Lipinski definition) is 1. The van der Waals surface area contributed by atoms with Crippen LogP contribution in [-0.4, -0.2) is 21.2 Å². The predicted molar refractivity (Wildman–Crippen MR) is 141 cm³/mol. The Morgan fingerprint density at radius 1 is 1.00 bits per heavy atom. The number of aryl methyl sites for hydroxylation is 1. The van der Waals surface area contributed by atoms with Gasteiger partial charge in [0.2, 0.25) is 5.91 Å². The monoisotopic (exact) mass is 473 g/mol. The van der Waals surface area contributed by atoms with E-state index in [4.69, 9.17) is 4.98 Å². The first kappa shape index (κ1) is 22.2. The number of para-hydroxylation sites is 1. The lowest BCUT2D eigenvalue weighted by Crippen LogP contribution is -2.39. The second-order valence-corrected chi connectivity index (χ2v) is 10.4. The standard InChI is InChI=1S/C30H27N5O/c1-18-21(28-30(2,3)16-26(36)33-34-28)14-15-25-27(18)32-29(19-12-13-19)35(25)24-11-7-6-10-23(24)22-9-5-4-8-20(22)17-31/h4-11,14-15,19H,12-13,16H2,1-3H3,(H,33,36). The Morgan fingerprint density at radius 3 is 2.44 bits per heavy atom. The first-order valence-electron chi connectivity index (χ1n) is 12.4. The van der Waals surface area contributed by atoms with Crippen LogP contribution in [0.4, 0.5) is 0 Å². The van der Waals surface area contributed by atoms with Crippen molar-refractivity contribution in [2.24, 2.45) is 10.5 Å². The fraction of sp³-hybridized carbons (Fsp3) is 0.267. The maximum atomic E-state index is 12.0. The first-order chi connectivity index (χ1) is 17.4. The lowest BCUT2D eigenvalue weighted by atomic mass is 9.78. The zero-order valence-electron chi connectivity index (χ0n) is 20.7. The van der Waals surface area contributed by atoms with Crippen molar-refractivity contribution in [2.75, 3.05) is 0 Å². The maximum absolute atomic E-state index is 12.0. The molecule has 1 amide bonds. The Morgan fingerprint density at radius 2 is 1.72 bits per heavy atom. The SMILES string of the molecule is Cc1c(C2=NNC(=O)CC2(C)C)ccc2c1nc(C1CC1)n2-c1ccccc1-c1ccccc1C#N. The summed E-state index contributed by atoms with van der Waals surface area (Å²) in [5.74, 6) is 1.42. The lowest BCUT2D eigenvalue weighted by molar-refractivity contribution is -0.122. The fourth-order valence-electron chi connectivity index (χ4n) is 5.35. The first-order valence-corrected chi connectivity index (χ1v) is 12.4. The summed E-state index contributed by atoms with van der Waals surface area (Å²) in [5, 5.41) is 14.2. The second-order valence-electron chi connectivity index (χ2n) is 10.4. The third kappa shape index (κ3) is 3.51. The van der Waals surface area contributed by atoms with E-state index in [2.05, 4.69) is 66.2 Å². The highest BCUT2D eigenvalue weighted by atomic mass is 16.2. The Labute approximate surface area is 210 Å². The van der Waals surface area contributed by atoms with Crippen molar-refractivity contribution in [1.82, 2.24) is 15.0 Å². The molecule has 6 heteroatoms. The van der Waals surface area contributed by atoms with E-state index < -0.39 is 0 Å². The summed E-state index contributed by atoms with van der Waals surface area (Å²) >= 11 is 0. The zero-order chi connectivity index (χ0) is 25.0. The molecular weight excluding hydrogens is 446 g/mol. The molecule has 0 saturated heterocycles. The third-order valence-corrected chi connectivity index (χ3v) is 7.32. The molecule has 0 bridgehead atoms. The van der Waals surface area contributed by atoms with Gasteiger partial charge in [-0.1, -0.05) is 56.3 Å². The minimum Gasteiger partial charge on any atom is -0.295 e. The molecule has 0 unspecified atom stereocenters. The van der Waals surface area contributed by atoms with Gasteiger partial charge < -0.3 is 0 Å². The van der Waals surface area contributed by atoms with E-state index in [0.717, 1.165) is 63.4 Å². The summed E-state index contributed by atoms with van der Waals surface area (Å²) < 4.78 is 2.28. The molecule has 0 radical (unpaired) electrons. The quantitative estimate of drug-likeness (QED) is 0.395. The number of nitrogens with one attached hydrogen (secondary N) is 1. The van der Waals surface area contributed by atoms with Crippen LogP contribution in [0, 0.1) is 23.7 Å². The Kier molecular flexibility index (Phi) is 5.04. The Hall–Kier alpha value is -4.24. The molecule has 0 spiro atoms. The highest BCUT2D eigenvalue weighted by Crippen LogP contribution is 2.44. The number of carbonyl (C=O) groups excluding carboxylic acids is 1. The van der Waals surface area contributed by atoms with Crippen molar-refractivity contribution in [1.29, 1.82) is 5.26 Å². The van der Waals surface area contributed by atoms with Crippen LogP contribution in [0.1, 0.15) is 61.5 Å². The molecule has 4 aromatic rings. The number of imidazole rings is 1. The summed E-state index contributed by atoms with van der Waals surface area (Å²) in [7, 11) is 0. The van der Waals surface area contributed by atoms with Crippen molar-refractivity contribution in [2.45, 2.75) is 46.0 Å². The minimum absolute atomic E-state index is 0.0583. The van der Waals surface area contributed by atoms with E-state index >= 15 is 0 Å². The van der Waals surface area contributed by atoms with Crippen LogP contribution in [0.3, 0.4) is 0 Å². The molecule has 6 rings (SSSR count). The van der Waals surface area contributed by atoms with Crippen LogP contribution in [-0.2, 0) is 4.79 Å². The predicted octanol–water partition coefficient (Wildman–Crippen LogP) is 6.00. The molecule has 3 aromatic carbocycles. The number of nitriles is 1. The van der Waals surface area contributed by atoms with Crippen LogP contribution < -0.4 is 5.43 Å². The van der Waals surface area contributed by atoms with Gasteiger partial charge in [-0.2, -0.15) is 10.4 Å². The van der Waals surface area contributed by atoms with Gasteiger partial charge >= 0.3 is 0 Å². The number of hydrogen-bond acceptors (Lipinski definition) is 4. The number of hydrazone groups is 1. The number of benzene rings is 3. The van der Waals surface area contributed by atoms with E-state index in [9.17, 15) is 10.1 Å². The molecule has 1 aliphatic carbocycles. The van der Waals surface area contributed by atoms with Crippen LogP contribution >= 0.6 is 0 Å². The topological polar surface area (TPSA) is 83.1 Å². The molecule has 1 aromatic heterocycles. The van der Waals surface area contributed by atoms with Gasteiger partial charge in [0.05, 0.1) is 34.1 Å². The maximum Gasteiger partial charge on any atom is 0.241 e. The summed E-state index contributed by atoms with van der Waals surface area (Å²) in [4.78, 5) is 17.2. The molecule has 178 valence electrons. The van der Waals surface area contributed by atoms with E-state index in [1.54, 1.807) is 0 Å². The average molecular weight is 474 g/mol. The summed E-state index contributed by atoms with van der Waals surface area (Å²) in [6.45, 7) is 6.22. The number of amides is 1. The molecule has 1 fully saturated rings. The van der Waals surface area contributed by atoms with Crippen LogP contribution in [0.2, 0.25) is 0 Å². The molecular formula is C30H27N5O. The average Bonchev–Trinajstić information content (AvgIpc) is 3.64. The molecule has 1 saturated carbocycles. The summed E-state index contributed by atoms with van der Waals surface area (Å²) in [6.07, 6.45) is 2.65. The van der Waals surface area contributed by atoms with Crippen molar-refractivity contribution in [3.05, 3.63) is 83.2 Å². The van der Waals surface area contributed by atoms with Gasteiger partial charge in [0, 0.05) is 34.4 Å². The molecule has 36 heavy (non-hydrogen) atoms. The van der Waals surface area contributed by atoms with Gasteiger partial charge in [0.25, 0.3) is 0 Å². The van der Waals surface area contributed by atoms with Gasteiger partial charge in [-0.15, -0.1) is 0 Å². The summed E-state index contributed by atoms with van der Waals surface area (Å²) in [6, 6.07) is 22.6. The van der Waals surface area contributed by atoms with Crippen LogP contribution in [0.5, 0.6) is 0 Å². The minimum atomic E-state index is -0.365. The zero-order valence-corrected chi connectivity index (χ0v) is 20.7. The van der Waals surface area contributed by atoms with Gasteiger partial charge in [0.1, 0.15) is 5.82 Å². The van der Waals surface area contributed by atoms with Gasteiger partial charge in [0.15, 0.2) is 0 Å². The Bertz CT molecular complexity index is 1610. The van der Waals surface area contributed by atoms with E-state index in [0.29, 0.717) is 17.9 Å². The van der Waals surface area contributed by atoms with Gasteiger partial charge in [-0.3, -0.25) is 9.36 Å². The molecule has 2 heterocycles. The smallest absolute Gasteiger partial charge is 0.241 e. The second kappa shape index (κ2) is 8.17. The Balaban J connectivity index is 1.59. The third-order valence-electron chi connectivity index (χ3n) is 7.32. The van der Waals surface area contributed by atoms with Crippen LogP contribution in [0.15, 0.2) is 65.8 Å². The van der Waals surface area contributed by atoms with E-state index in [1.807, 2.05) is 36.4 Å². The lowest BCUT2D eigenvalue weighted by Gasteiger charge is -2.30. The van der Waals surface area contributed by atoms with Crippen molar-refractivity contribution in [3.63, 3.8) is 0 Å². The molecule has 2 aliphatic rings. The molecule has 6 nitrogen and oxygen atoms in total. The fourth-order valence-corrected chi connectivity index (χ4v) is 5.35. The number of fused-ring (bicyclic) bond motifs is 1. The van der Waals surface area contributed by atoms with E-state index in [1.165, 1.54) is 0 Å². The van der Waals surface area contributed by atoms with Crippen LogP contribution in [0.25, 0.3) is 27.8 Å². The number of carbonyl (C=O) groups is 1. The highest BCUT2D eigenvalue weighted by molar-refractivity contribution is 6.10. The largest absolute Gasteiger partial charge is 0.295 e. The number of rotatable bonds is 4. The van der Waals surface area contributed by atoms with Gasteiger partial charge in [-0.25, -0.2) is 10.4 Å². The molecule has 1 aliphatic heterocycles. The number of nitrogens with zero attached hydrogens (tertiary/aromatic N) is 4. The van der Waals surface area contributed by atoms with Gasteiger partial charge in [-0.05, 0) is 43.5 Å². The normalized spacial score (nSPS) is 16.9. The summed E-state index contributed by atoms with van der Waals surface area (Å²) in [5.41, 5.74) is 10.9. The van der Waals surface area contributed by atoms with Crippen molar-refractivity contribution >= 4 is 22.7 Å².